The van der Waals surface area contributed by atoms with Crippen LogP contribution in [0.2, 0.25) is 0 Å². The van der Waals surface area contributed by atoms with E-state index in [0.717, 1.165) is 17.8 Å². The van der Waals surface area contributed by atoms with Crippen molar-refractivity contribution in [2.24, 2.45) is 4.99 Å². The highest BCUT2D eigenvalue weighted by molar-refractivity contribution is 8.18. The normalized spacial score (nSPS) is 17.1. The number of carbonyl (C=O) groups excluding carboxylic acids is 2. The highest BCUT2D eigenvalue weighted by Gasteiger charge is 2.24. The second-order valence-electron chi connectivity index (χ2n) is 4.87. The lowest BCUT2D eigenvalue weighted by Gasteiger charge is -1.98. The number of amides is 2. The molecule has 0 aliphatic carbocycles. The number of phenols is 1. The largest absolute Gasteiger partial charge is 0.505 e. The SMILES string of the molecule is CC(=O)Nc1ncc(C=C2SC(=Nc3ccc(O)c(F)c3)NC2=O)s1. The summed E-state index contributed by atoms with van der Waals surface area (Å²) in [7, 11) is 0. The first-order valence-corrected chi connectivity index (χ1v) is 8.55. The number of nitrogens with zero attached hydrogens (tertiary/aromatic N) is 2. The number of hydrogen-bond donors (Lipinski definition) is 3. The summed E-state index contributed by atoms with van der Waals surface area (Å²) < 4.78 is 13.3. The molecule has 0 unspecified atom stereocenters. The molecule has 1 saturated heterocycles. The summed E-state index contributed by atoms with van der Waals surface area (Å²) in [6.07, 6.45) is 3.17. The number of thioether (sulfide) groups is 1. The third-order valence-corrected chi connectivity index (χ3v) is 4.66. The van der Waals surface area contributed by atoms with E-state index in [9.17, 15) is 19.1 Å². The summed E-state index contributed by atoms with van der Waals surface area (Å²) in [6.45, 7) is 1.38. The van der Waals surface area contributed by atoms with Crippen LogP contribution in [-0.2, 0) is 9.59 Å². The summed E-state index contributed by atoms with van der Waals surface area (Å²) in [6, 6.07) is 3.69. The molecule has 0 bridgehead atoms. The molecule has 2 aromatic rings. The first-order chi connectivity index (χ1) is 11.9. The molecule has 0 spiro atoms. The van der Waals surface area contributed by atoms with Crippen LogP contribution in [0.1, 0.15) is 11.8 Å². The number of halogens is 1. The van der Waals surface area contributed by atoms with Crippen LogP contribution in [-0.4, -0.2) is 27.1 Å². The van der Waals surface area contributed by atoms with Gasteiger partial charge in [-0.2, -0.15) is 0 Å². The van der Waals surface area contributed by atoms with Crippen LogP contribution in [0, 0.1) is 5.82 Å². The zero-order valence-electron chi connectivity index (χ0n) is 12.7. The van der Waals surface area contributed by atoms with Crippen LogP contribution in [0.3, 0.4) is 0 Å². The first kappa shape index (κ1) is 17.1. The third kappa shape index (κ3) is 4.22. The quantitative estimate of drug-likeness (QED) is 0.713. The van der Waals surface area contributed by atoms with Crippen molar-refractivity contribution in [1.29, 1.82) is 0 Å². The zero-order chi connectivity index (χ0) is 18.0. The number of rotatable bonds is 3. The molecule has 2 amide bonds. The fourth-order valence-electron chi connectivity index (χ4n) is 1.85. The van der Waals surface area contributed by atoms with Gasteiger partial charge in [-0.1, -0.05) is 11.3 Å². The molecule has 2 heterocycles. The summed E-state index contributed by atoms with van der Waals surface area (Å²) >= 11 is 2.33. The average Bonchev–Trinajstić information content (AvgIpc) is 3.10. The minimum atomic E-state index is -0.790. The number of hydrogen-bond acceptors (Lipinski definition) is 7. The van der Waals surface area contributed by atoms with Gasteiger partial charge in [0.1, 0.15) is 0 Å². The maximum Gasteiger partial charge on any atom is 0.264 e. The molecule has 1 fully saturated rings. The highest BCUT2D eigenvalue weighted by Crippen LogP contribution is 2.31. The Morgan fingerprint density at radius 1 is 1.48 bits per heavy atom. The number of thiazole rings is 1. The number of amidine groups is 1. The summed E-state index contributed by atoms with van der Waals surface area (Å²) in [5, 5.41) is 15.1. The molecule has 1 aliphatic rings. The van der Waals surface area contributed by atoms with Gasteiger partial charge >= 0.3 is 0 Å². The molecule has 1 aromatic carbocycles. The van der Waals surface area contributed by atoms with Gasteiger partial charge in [0.25, 0.3) is 5.91 Å². The van der Waals surface area contributed by atoms with E-state index in [1.165, 1.54) is 30.4 Å². The number of phenolic OH excluding ortho intramolecular Hbond substituents is 1. The fraction of sp³-hybridized carbons (Fsp3) is 0.0667. The highest BCUT2D eigenvalue weighted by atomic mass is 32.2. The van der Waals surface area contributed by atoms with Crippen molar-refractivity contribution in [3.8, 4) is 5.75 Å². The van der Waals surface area contributed by atoms with E-state index in [4.69, 9.17) is 0 Å². The van der Waals surface area contributed by atoms with Crippen molar-refractivity contribution in [2.45, 2.75) is 6.92 Å². The van der Waals surface area contributed by atoms with E-state index in [2.05, 4.69) is 20.6 Å². The first-order valence-electron chi connectivity index (χ1n) is 6.92. The number of anilines is 1. The van der Waals surface area contributed by atoms with E-state index in [0.29, 0.717) is 20.1 Å². The molecule has 3 N–H and O–H groups in total. The second kappa shape index (κ2) is 7.03. The van der Waals surface area contributed by atoms with E-state index >= 15 is 0 Å². The Labute approximate surface area is 149 Å². The molecular formula is C15H11FN4O3S2. The number of benzene rings is 1. The lowest BCUT2D eigenvalue weighted by Crippen LogP contribution is -2.19. The molecule has 128 valence electrons. The molecule has 1 aliphatic heterocycles. The van der Waals surface area contributed by atoms with Crippen molar-refractivity contribution in [1.82, 2.24) is 10.3 Å². The van der Waals surface area contributed by atoms with Crippen LogP contribution in [0.4, 0.5) is 15.2 Å². The van der Waals surface area contributed by atoms with Gasteiger partial charge in [-0.3, -0.25) is 9.59 Å². The molecule has 0 radical (unpaired) electrons. The molecular weight excluding hydrogens is 367 g/mol. The van der Waals surface area contributed by atoms with Crippen molar-refractivity contribution in [3.63, 3.8) is 0 Å². The summed E-state index contributed by atoms with van der Waals surface area (Å²) in [5.41, 5.74) is 0.269. The predicted octanol–water partition coefficient (Wildman–Crippen LogP) is 2.84. The lowest BCUT2D eigenvalue weighted by atomic mass is 10.3. The van der Waals surface area contributed by atoms with Crippen molar-refractivity contribution in [2.75, 3.05) is 5.32 Å². The van der Waals surface area contributed by atoms with Gasteiger partial charge in [0, 0.05) is 19.2 Å². The maximum absolute atomic E-state index is 13.3. The Kier molecular flexibility index (Phi) is 4.81. The van der Waals surface area contributed by atoms with Gasteiger partial charge in [-0.15, -0.1) is 0 Å². The minimum absolute atomic E-state index is 0.225. The van der Waals surface area contributed by atoms with Crippen molar-refractivity contribution >= 4 is 57.0 Å². The topological polar surface area (TPSA) is 104 Å². The van der Waals surface area contributed by atoms with Crippen LogP contribution < -0.4 is 10.6 Å². The number of aliphatic imine (C=N–C) groups is 1. The smallest absolute Gasteiger partial charge is 0.264 e. The van der Waals surface area contributed by atoms with Crippen molar-refractivity contribution in [3.05, 3.63) is 40.0 Å². The molecule has 25 heavy (non-hydrogen) atoms. The van der Waals surface area contributed by atoms with E-state index in [1.807, 2.05) is 0 Å². The van der Waals surface area contributed by atoms with Crippen molar-refractivity contribution < 1.29 is 19.1 Å². The van der Waals surface area contributed by atoms with Crippen LogP contribution in [0.15, 0.2) is 34.3 Å². The van der Waals surface area contributed by atoms with E-state index in [-0.39, 0.29) is 17.5 Å². The van der Waals surface area contributed by atoms with Gasteiger partial charge in [0.05, 0.1) is 15.5 Å². The Balaban J connectivity index is 1.77. The van der Waals surface area contributed by atoms with Crippen LogP contribution >= 0.6 is 23.1 Å². The van der Waals surface area contributed by atoms with Gasteiger partial charge < -0.3 is 15.7 Å². The maximum atomic E-state index is 13.3. The molecule has 3 rings (SSSR count). The number of nitrogens with one attached hydrogen (secondary N) is 2. The lowest BCUT2D eigenvalue weighted by molar-refractivity contribution is -0.115. The van der Waals surface area contributed by atoms with Gasteiger partial charge in [-0.25, -0.2) is 14.4 Å². The average molecular weight is 378 g/mol. The van der Waals surface area contributed by atoms with Gasteiger partial charge in [0.2, 0.25) is 5.91 Å². The van der Waals surface area contributed by atoms with Gasteiger partial charge in [-0.05, 0) is 30.0 Å². The molecule has 7 nitrogen and oxygen atoms in total. The fourth-order valence-corrected chi connectivity index (χ4v) is 3.57. The third-order valence-electron chi connectivity index (χ3n) is 2.89. The Morgan fingerprint density at radius 3 is 3.00 bits per heavy atom. The predicted molar refractivity (Wildman–Crippen MR) is 95.3 cm³/mol. The van der Waals surface area contributed by atoms with Crippen LogP contribution in [0.5, 0.6) is 5.75 Å². The molecule has 1 aromatic heterocycles. The molecule has 0 atom stereocenters. The monoisotopic (exact) mass is 378 g/mol. The molecule has 0 saturated carbocycles. The Morgan fingerprint density at radius 2 is 2.28 bits per heavy atom. The van der Waals surface area contributed by atoms with Crippen LogP contribution in [0.25, 0.3) is 6.08 Å². The van der Waals surface area contributed by atoms with Gasteiger partial charge in [0.15, 0.2) is 21.9 Å². The zero-order valence-corrected chi connectivity index (χ0v) is 14.4. The number of aromatic hydroxyl groups is 1. The summed E-state index contributed by atoms with van der Waals surface area (Å²) in [4.78, 5) is 32.3. The standard InChI is InChI=1S/C15H11FN4O3S2/c1-7(21)18-14-17-6-9(24-14)5-12-13(23)20-15(25-12)19-8-2-3-11(22)10(16)4-8/h2-6,22H,1H3,(H,17,18,21)(H,19,20,23). The summed E-state index contributed by atoms with van der Waals surface area (Å²) in [5.74, 6) is -1.82. The Hall–Kier alpha value is -2.72. The van der Waals surface area contributed by atoms with E-state index in [1.54, 1.807) is 12.3 Å². The number of carbonyl (C=O) groups is 2. The molecule has 10 heteroatoms. The number of aromatic nitrogens is 1. The second-order valence-corrected chi connectivity index (χ2v) is 6.96. The van der Waals surface area contributed by atoms with E-state index < -0.39 is 11.6 Å². The minimum Gasteiger partial charge on any atom is -0.505 e. The Bertz CT molecular complexity index is 923.